The van der Waals surface area contributed by atoms with E-state index in [1.807, 2.05) is 0 Å². The van der Waals surface area contributed by atoms with Gasteiger partial charge in [-0.3, -0.25) is 13.6 Å². The van der Waals surface area contributed by atoms with Crippen molar-refractivity contribution in [2.45, 2.75) is 32.2 Å². The van der Waals surface area contributed by atoms with E-state index in [0.717, 1.165) is 0 Å². The Bertz CT molecular complexity index is 383. The SMILES string of the molecule is CCOP(=O)(OCC)OCC(F)(F)OC(F)(F)C(F)(F)OC. The largest absolute Gasteiger partial charge is 0.475 e. The van der Waals surface area contributed by atoms with Crippen molar-refractivity contribution in [1.82, 2.24) is 0 Å². The average Bonchev–Trinajstić information content (AvgIpc) is 2.36. The Hall–Kier alpha value is -0.390. The molecule has 0 saturated carbocycles. The van der Waals surface area contributed by atoms with E-state index in [1.54, 1.807) is 0 Å². The van der Waals surface area contributed by atoms with Crippen LogP contribution in [0.5, 0.6) is 0 Å². The summed E-state index contributed by atoms with van der Waals surface area (Å²) in [6, 6.07) is 0. The topological polar surface area (TPSA) is 63.2 Å². The minimum absolute atomic E-state index is 0.171. The molecule has 13 heteroatoms. The van der Waals surface area contributed by atoms with Crippen molar-refractivity contribution in [1.29, 1.82) is 0 Å². The third-order valence-corrected chi connectivity index (χ3v) is 3.43. The van der Waals surface area contributed by atoms with Gasteiger partial charge in [-0.1, -0.05) is 0 Å². The fourth-order valence-corrected chi connectivity index (χ4v) is 2.14. The molecule has 0 amide bonds. The van der Waals surface area contributed by atoms with Crippen molar-refractivity contribution in [3.05, 3.63) is 0 Å². The van der Waals surface area contributed by atoms with Crippen molar-refractivity contribution >= 4 is 7.82 Å². The molecular formula is C9H15F6O6P. The molecule has 0 unspecified atom stereocenters. The molecule has 0 fully saturated rings. The Morgan fingerprint density at radius 1 is 0.864 bits per heavy atom. The zero-order valence-corrected chi connectivity index (χ0v) is 12.7. The molecule has 0 aliphatic heterocycles. The molecule has 6 nitrogen and oxygen atoms in total. The molecule has 134 valence electrons. The second-order valence-electron chi connectivity index (χ2n) is 3.53. The summed E-state index contributed by atoms with van der Waals surface area (Å²) in [6.45, 7) is 0.0663. The van der Waals surface area contributed by atoms with Crippen molar-refractivity contribution in [2.75, 3.05) is 26.9 Å². The summed E-state index contributed by atoms with van der Waals surface area (Å²) in [4.78, 5) is 0. The maximum Gasteiger partial charge on any atom is 0.475 e. The van der Waals surface area contributed by atoms with E-state index < -0.39 is 32.8 Å². The van der Waals surface area contributed by atoms with Crippen LogP contribution >= 0.6 is 7.82 Å². The molecule has 0 radical (unpaired) electrons. The van der Waals surface area contributed by atoms with Crippen molar-refractivity contribution in [3.8, 4) is 0 Å². The number of phosphoric acid groups is 1. The number of halogens is 6. The Morgan fingerprint density at radius 3 is 1.68 bits per heavy atom. The van der Waals surface area contributed by atoms with Gasteiger partial charge in [0.25, 0.3) is 0 Å². The maximum atomic E-state index is 13.1. The first-order valence-electron chi connectivity index (χ1n) is 5.77. The second kappa shape index (κ2) is 7.93. The van der Waals surface area contributed by atoms with E-state index in [-0.39, 0.29) is 20.3 Å². The highest BCUT2D eigenvalue weighted by molar-refractivity contribution is 7.48. The van der Waals surface area contributed by atoms with Crippen LogP contribution < -0.4 is 0 Å². The number of hydrogen-bond acceptors (Lipinski definition) is 6. The molecule has 0 N–H and O–H groups in total. The number of phosphoric ester groups is 1. The van der Waals surface area contributed by atoms with Crippen LogP contribution in [0.25, 0.3) is 0 Å². The van der Waals surface area contributed by atoms with Crippen LogP contribution in [0.2, 0.25) is 0 Å². The number of methoxy groups -OCH3 is 1. The van der Waals surface area contributed by atoms with Crippen LogP contribution in [0.1, 0.15) is 13.8 Å². The molecule has 0 rings (SSSR count). The van der Waals surface area contributed by atoms with Gasteiger partial charge in [-0.25, -0.2) is 9.30 Å². The fourth-order valence-electron chi connectivity index (χ4n) is 0.977. The first-order chi connectivity index (χ1) is 9.85. The van der Waals surface area contributed by atoms with Crippen LogP contribution in [-0.4, -0.2) is 45.3 Å². The van der Waals surface area contributed by atoms with Gasteiger partial charge in [-0.05, 0) is 13.8 Å². The minimum atomic E-state index is -5.66. The third kappa shape index (κ3) is 6.39. The Labute approximate surface area is 122 Å². The first-order valence-corrected chi connectivity index (χ1v) is 7.23. The van der Waals surface area contributed by atoms with Crippen LogP contribution in [0.15, 0.2) is 0 Å². The molecule has 0 heterocycles. The molecule has 0 aliphatic carbocycles. The zero-order chi connectivity index (χ0) is 17.7. The van der Waals surface area contributed by atoms with E-state index in [0.29, 0.717) is 0 Å². The smallest absolute Gasteiger partial charge is 0.317 e. The molecule has 0 aromatic carbocycles. The summed E-state index contributed by atoms with van der Waals surface area (Å²) in [6.07, 6.45) is -15.9. The van der Waals surface area contributed by atoms with Gasteiger partial charge in [-0.15, -0.1) is 0 Å². The third-order valence-electron chi connectivity index (χ3n) is 1.84. The number of ether oxygens (including phenoxy) is 2. The van der Waals surface area contributed by atoms with Crippen LogP contribution in [-0.2, 0) is 27.6 Å². The van der Waals surface area contributed by atoms with E-state index in [1.165, 1.54) is 13.8 Å². The highest BCUT2D eigenvalue weighted by Gasteiger charge is 2.63. The quantitative estimate of drug-likeness (QED) is 0.412. The van der Waals surface area contributed by atoms with E-state index >= 15 is 0 Å². The summed E-state index contributed by atoms with van der Waals surface area (Å²) < 4.78 is 108. The molecule has 0 bridgehead atoms. The lowest BCUT2D eigenvalue weighted by Gasteiger charge is -2.28. The molecule has 0 saturated heterocycles. The normalized spacial score (nSPS) is 14.4. The number of hydrogen-bond donors (Lipinski definition) is 0. The summed E-state index contributed by atoms with van der Waals surface area (Å²) in [5.41, 5.74) is 0. The van der Waals surface area contributed by atoms with Crippen LogP contribution in [0.3, 0.4) is 0 Å². The predicted molar refractivity (Wildman–Crippen MR) is 59.7 cm³/mol. The van der Waals surface area contributed by atoms with Gasteiger partial charge in [-0.2, -0.15) is 26.3 Å². The zero-order valence-electron chi connectivity index (χ0n) is 11.8. The average molecular weight is 364 g/mol. The summed E-state index contributed by atoms with van der Waals surface area (Å²) in [5, 5.41) is 0. The molecule has 0 aromatic rings. The molecular weight excluding hydrogens is 349 g/mol. The monoisotopic (exact) mass is 364 g/mol. The highest BCUT2D eigenvalue weighted by atomic mass is 31.2. The lowest BCUT2D eigenvalue weighted by molar-refractivity contribution is -0.479. The Balaban J connectivity index is 4.86. The fraction of sp³-hybridized carbons (Fsp3) is 1.00. The number of alkyl halides is 6. The summed E-state index contributed by atoms with van der Waals surface area (Å²) in [7, 11) is -4.28. The summed E-state index contributed by atoms with van der Waals surface area (Å²) >= 11 is 0. The van der Waals surface area contributed by atoms with Crippen LogP contribution in [0.4, 0.5) is 26.3 Å². The van der Waals surface area contributed by atoms with Crippen molar-refractivity contribution in [2.24, 2.45) is 0 Å². The molecule has 22 heavy (non-hydrogen) atoms. The van der Waals surface area contributed by atoms with Crippen molar-refractivity contribution in [3.63, 3.8) is 0 Å². The van der Waals surface area contributed by atoms with E-state index in [4.69, 9.17) is 0 Å². The highest BCUT2D eigenvalue weighted by Crippen LogP contribution is 2.50. The first kappa shape index (κ1) is 21.6. The van der Waals surface area contributed by atoms with Gasteiger partial charge >= 0.3 is 26.1 Å². The van der Waals surface area contributed by atoms with Gasteiger partial charge in [0.05, 0.1) is 13.2 Å². The van der Waals surface area contributed by atoms with Gasteiger partial charge in [0, 0.05) is 7.11 Å². The van der Waals surface area contributed by atoms with Gasteiger partial charge in [0.15, 0.2) is 0 Å². The second-order valence-corrected chi connectivity index (χ2v) is 5.20. The van der Waals surface area contributed by atoms with E-state index in [9.17, 15) is 30.9 Å². The molecule has 0 spiro atoms. The lowest BCUT2D eigenvalue weighted by atomic mass is 10.5. The van der Waals surface area contributed by atoms with Crippen LogP contribution in [0, 0.1) is 0 Å². The standard InChI is InChI=1S/C9H15F6O6P/c1-4-18-22(16,19-5-2)20-6-7(10,11)21-9(14,15)8(12,13)17-3/h4-6H2,1-3H3. The number of rotatable bonds is 11. The summed E-state index contributed by atoms with van der Waals surface area (Å²) in [5.74, 6) is 0. The lowest BCUT2D eigenvalue weighted by Crippen LogP contribution is -2.49. The van der Waals surface area contributed by atoms with E-state index in [2.05, 4.69) is 23.0 Å². The Kier molecular flexibility index (Phi) is 7.79. The Morgan fingerprint density at radius 2 is 1.32 bits per heavy atom. The molecule has 0 aliphatic rings. The van der Waals surface area contributed by atoms with Gasteiger partial charge in [0.2, 0.25) is 0 Å². The van der Waals surface area contributed by atoms with Crippen molar-refractivity contribution < 1.29 is 54.0 Å². The van der Waals surface area contributed by atoms with Gasteiger partial charge < -0.3 is 4.74 Å². The maximum absolute atomic E-state index is 13.1. The minimum Gasteiger partial charge on any atom is -0.317 e. The molecule has 0 atom stereocenters. The molecule has 0 aromatic heterocycles. The predicted octanol–water partition coefficient (Wildman–Crippen LogP) is 3.63. The van der Waals surface area contributed by atoms with Gasteiger partial charge in [0.1, 0.15) is 6.61 Å².